The van der Waals surface area contributed by atoms with Crippen LogP contribution >= 0.6 is 11.6 Å². The molecule has 1 fully saturated rings. The zero-order valence-corrected chi connectivity index (χ0v) is 20.3. The monoisotopic (exact) mass is 506 g/mol. The Hall–Kier alpha value is -4.01. The van der Waals surface area contributed by atoms with E-state index in [0.717, 1.165) is 10.9 Å². The second kappa shape index (κ2) is 9.22. The zero-order valence-electron chi connectivity index (χ0n) is 19.6. The highest BCUT2D eigenvalue weighted by atomic mass is 35.5. The summed E-state index contributed by atoms with van der Waals surface area (Å²) in [6.45, 7) is 4.29. The number of amides is 2. The lowest BCUT2D eigenvalue weighted by Gasteiger charge is -2.37. The summed E-state index contributed by atoms with van der Waals surface area (Å²) in [4.78, 5) is 39.1. The number of carbonyl (C=O) groups is 2. The smallest absolute Gasteiger partial charge is 0.255 e. The summed E-state index contributed by atoms with van der Waals surface area (Å²) in [5, 5.41) is 27.5. The van der Waals surface area contributed by atoms with Gasteiger partial charge in [0.25, 0.3) is 5.91 Å². The third-order valence-electron chi connectivity index (χ3n) is 6.11. The van der Waals surface area contributed by atoms with Gasteiger partial charge < -0.3 is 20.3 Å². The fourth-order valence-electron chi connectivity index (χ4n) is 4.25. The van der Waals surface area contributed by atoms with Crippen LogP contribution in [-0.4, -0.2) is 71.8 Å². The van der Waals surface area contributed by atoms with Gasteiger partial charge in [-0.25, -0.2) is 9.97 Å². The number of H-pyrrole nitrogens is 1. The van der Waals surface area contributed by atoms with E-state index in [0.29, 0.717) is 40.7 Å². The predicted octanol–water partition coefficient (Wildman–Crippen LogP) is 2.11. The largest absolute Gasteiger partial charge is 0.391 e. The van der Waals surface area contributed by atoms with Gasteiger partial charge in [0.05, 0.1) is 41.9 Å². The highest BCUT2D eigenvalue weighted by Gasteiger charge is 2.33. The molecule has 3 N–H and O–H groups in total. The van der Waals surface area contributed by atoms with Gasteiger partial charge in [0.15, 0.2) is 5.65 Å². The van der Waals surface area contributed by atoms with E-state index in [9.17, 15) is 14.7 Å². The molecule has 1 saturated heterocycles. The number of nitrogens with one attached hydrogen (secondary N) is 2. The van der Waals surface area contributed by atoms with E-state index in [4.69, 9.17) is 16.9 Å². The van der Waals surface area contributed by atoms with Crippen molar-refractivity contribution in [2.24, 2.45) is 5.92 Å². The average molecular weight is 507 g/mol. The molecule has 5 rings (SSSR count). The van der Waals surface area contributed by atoms with Crippen molar-refractivity contribution in [3.05, 3.63) is 41.2 Å². The van der Waals surface area contributed by atoms with Crippen LogP contribution in [-0.2, 0) is 11.3 Å². The lowest BCUT2D eigenvalue weighted by molar-refractivity contribution is -0.137. The fraction of sp³-hybridized carbons (Fsp3) is 0.333. The van der Waals surface area contributed by atoms with Crippen LogP contribution in [0.5, 0.6) is 0 Å². The number of hydrogen-bond donors (Lipinski definition) is 3. The van der Waals surface area contributed by atoms with E-state index in [-0.39, 0.29) is 23.9 Å². The first-order valence-corrected chi connectivity index (χ1v) is 11.8. The fourth-order valence-corrected chi connectivity index (χ4v) is 4.42. The van der Waals surface area contributed by atoms with E-state index < -0.39 is 18.1 Å². The molecule has 0 saturated carbocycles. The molecule has 0 radical (unpaired) electrons. The summed E-state index contributed by atoms with van der Waals surface area (Å²) in [6.07, 6.45) is 2.44. The number of hydrogen-bond acceptors (Lipinski definition) is 7. The van der Waals surface area contributed by atoms with Crippen molar-refractivity contribution in [1.29, 1.82) is 5.26 Å². The minimum atomic E-state index is -0.761. The summed E-state index contributed by atoms with van der Waals surface area (Å²) in [5.74, 6) is -0.868. The van der Waals surface area contributed by atoms with Gasteiger partial charge in [0.2, 0.25) is 5.91 Å². The second-order valence-electron chi connectivity index (χ2n) is 8.96. The zero-order chi connectivity index (χ0) is 25.6. The van der Waals surface area contributed by atoms with Gasteiger partial charge in [-0.3, -0.25) is 14.3 Å². The first kappa shape index (κ1) is 23.7. The summed E-state index contributed by atoms with van der Waals surface area (Å²) in [7, 11) is 0. The minimum absolute atomic E-state index is 0.157. The molecule has 36 heavy (non-hydrogen) atoms. The number of likely N-dealkylation sites (tertiary alicyclic amines) is 1. The number of carbonyl (C=O) groups excluding carboxylic acids is 2. The van der Waals surface area contributed by atoms with Crippen molar-refractivity contribution >= 4 is 45.5 Å². The maximum atomic E-state index is 13.0. The molecule has 0 spiro atoms. The average Bonchev–Trinajstić information content (AvgIpc) is 3.39. The van der Waals surface area contributed by atoms with Crippen molar-refractivity contribution in [3.8, 4) is 17.5 Å². The molecule has 11 nitrogen and oxygen atoms in total. The van der Waals surface area contributed by atoms with E-state index in [1.807, 2.05) is 6.07 Å². The van der Waals surface area contributed by atoms with Crippen LogP contribution in [0.1, 0.15) is 24.2 Å². The predicted molar refractivity (Wildman–Crippen MR) is 132 cm³/mol. The Morgan fingerprint density at radius 2 is 2.14 bits per heavy atom. The SMILES string of the molecule is CC(O)Cn1nc(-c2cnc3[nH]cc(C(=O)NC(C)C(=O)N4CC(C#N)C4)c3n2)c2ccc(Cl)cc21. The number of rotatable bonds is 6. The molecule has 1 aliphatic rings. The Kier molecular flexibility index (Phi) is 6.07. The van der Waals surface area contributed by atoms with Crippen LogP contribution in [0.2, 0.25) is 5.02 Å². The van der Waals surface area contributed by atoms with Crippen molar-refractivity contribution in [1.82, 2.24) is 34.9 Å². The van der Waals surface area contributed by atoms with Gasteiger partial charge in [-0.1, -0.05) is 11.6 Å². The first-order valence-electron chi connectivity index (χ1n) is 11.4. The first-order chi connectivity index (χ1) is 17.2. The number of nitrogens with zero attached hydrogens (tertiary/aromatic N) is 6. The quantitative estimate of drug-likeness (QED) is 0.362. The number of halogens is 1. The molecule has 0 aliphatic carbocycles. The molecule has 1 aliphatic heterocycles. The molecule has 4 aromatic rings. The van der Waals surface area contributed by atoms with Crippen LogP contribution in [0.3, 0.4) is 0 Å². The summed E-state index contributed by atoms with van der Waals surface area (Å²) in [5.41, 5.74) is 2.72. The van der Waals surface area contributed by atoms with Gasteiger partial charge in [0.1, 0.15) is 22.9 Å². The third kappa shape index (κ3) is 4.25. The molecule has 184 valence electrons. The summed E-state index contributed by atoms with van der Waals surface area (Å²) >= 11 is 6.19. The van der Waals surface area contributed by atoms with Crippen molar-refractivity contribution in [2.45, 2.75) is 32.5 Å². The molecule has 1 aromatic carbocycles. The number of benzene rings is 1. The van der Waals surface area contributed by atoms with Crippen LogP contribution in [0.15, 0.2) is 30.6 Å². The topological polar surface area (TPSA) is 153 Å². The molecule has 2 unspecified atom stereocenters. The van der Waals surface area contributed by atoms with Gasteiger partial charge in [-0.05, 0) is 32.0 Å². The molecule has 12 heteroatoms. The molecular weight excluding hydrogens is 484 g/mol. The maximum Gasteiger partial charge on any atom is 0.255 e. The second-order valence-corrected chi connectivity index (χ2v) is 9.40. The van der Waals surface area contributed by atoms with E-state index in [1.54, 1.807) is 41.8 Å². The standard InChI is InChI=1S/C24H23ClN8O3/c1-12(34)9-33-19-5-15(25)3-4-16(19)20(31-33)18-8-28-22-21(30-18)17(7-27-22)23(35)29-13(2)24(36)32-10-14(6-26)11-32/h3-5,7-8,12-14,34H,9-11H2,1-2H3,(H,27,28)(H,29,35). The molecule has 2 atom stereocenters. The van der Waals surface area contributed by atoms with Gasteiger partial charge >= 0.3 is 0 Å². The molecular formula is C24H23ClN8O3. The van der Waals surface area contributed by atoms with E-state index in [2.05, 4.69) is 31.4 Å². The number of aliphatic hydroxyl groups excluding tert-OH is 1. The van der Waals surface area contributed by atoms with E-state index in [1.165, 1.54) is 6.20 Å². The van der Waals surface area contributed by atoms with Crippen LogP contribution < -0.4 is 5.32 Å². The Balaban J connectivity index is 1.45. The number of aliphatic hydroxyl groups is 1. The highest BCUT2D eigenvalue weighted by molar-refractivity contribution is 6.31. The van der Waals surface area contributed by atoms with Crippen molar-refractivity contribution < 1.29 is 14.7 Å². The van der Waals surface area contributed by atoms with Gasteiger partial charge in [0, 0.05) is 29.7 Å². The lowest BCUT2D eigenvalue weighted by Crippen LogP contribution is -2.55. The number of aromatic nitrogens is 5. The van der Waals surface area contributed by atoms with Crippen LogP contribution in [0.25, 0.3) is 33.5 Å². The number of fused-ring (bicyclic) bond motifs is 2. The molecule has 4 heterocycles. The van der Waals surface area contributed by atoms with E-state index >= 15 is 0 Å². The molecule has 0 bridgehead atoms. The minimum Gasteiger partial charge on any atom is -0.391 e. The molecule has 2 amide bonds. The van der Waals surface area contributed by atoms with Crippen LogP contribution in [0, 0.1) is 17.2 Å². The Bertz CT molecular complexity index is 1530. The van der Waals surface area contributed by atoms with Crippen molar-refractivity contribution in [3.63, 3.8) is 0 Å². The Morgan fingerprint density at radius 1 is 1.36 bits per heavy atom. The Morgan fingerprint density at radius 3 is 2.86 bits per heavy atom. The Labute approximate surface area is 210 Å². The van der Waals surface area contributed by atoms with Crippen LogP contribution in [0.4, 0.5) is 0 Å². The summed E-state index contributed by atoms with van der Waals surface area (Å²) in [6, 6.07) is 6.71. The maximum absolute atomic E-state index is 13.0. The van der Waals surface area contributed by atoms with Gasteiger partial charge in [-0.15, -0.1) is 0 Å². The third-order valence-corrected chi connectivity index (χ3v) is 6.35. The van der Waals surface area contributed by atoms with Crippen molar-refractivity contribution in [2.75, 3.05) is 13.1 Å². The number of nitriles is 1. The molecule has 3 aromatic heterocycles. The van der Waals surface area contributed by atoms with Gasteiger partial charge in [-0.2, -0.15) is 10.4 Å². The number of aromatic amines is 1. The summed E-state index contributed by atoms with van der Waals surface area (Å²) < 4.78 is 1.66. The highest BCUT2D eigenvalue weighted by Crippen LogP contribution is 2.30. The lowest BCUT2D eigenvalue weighted by atomic mass is 10.0. The normalized spacial score (nSPS) is 15.5.